The van der Waals surface area contributed by atoms with Crippen molar-refractivity contribution in [2.24, 2.45) is 0 Å². The van der Waals surface area contributed by atoms with Gasteiger partial charge in [0.2, 0.25) is 0 Å². The van der Waals surface area contributed by atoms with Crippen LogP contribution >= 0.6 is 0 Å². The van der Waals surface area contributed by atoms with Gasteiger partial charge in [0.25, 0.3) is 10.1 Å². The van der Waals surface area contributed by atoms with Crippen LogP contribution in [0.25, 0.3) is 32.3 Å². The van der Waals surface area contributed by atoms with Crippen LogP contribution in [0.1, 0.15) is 12.5 Å². The number of hydrogen-bond acceptors (Lipinski definition) is 5. The molecule has 0 saturated carbocycles. The second kappa shape index (κ2) is 10.2. The fourth-order valence-corrected chi connectivity index (χ4v) is 3.99. The average Bonchev–Trinajstić information content (AvgIpc) is 2.80. The van der Waals surface area contributed by atoms with Crippen LogP contribution in [0.2, 0.25) is 0 Å². The van der Waals surface area contributed by atoms with Gasteiger partial charge in [-0.15, -0.1) is 0 Å². The van der Waals surface area contributed by atoms with Crippen molar-refractivity contribution in [3.63, 3.8) is 0 Å². The third-order valence-electron chi connectivity index (χ3n) is 6.17. The fourth-order valence-electron chi connectivity index (χ4n) is 3.99. The summed E-state index contributed by atoms with van der Waals surface area (Å²) in [5, 5.41) is 27.0. The van der Waals surface area contributed by atoms with E-state index in [1.165, 1.54) is 37.9 Å². The molecule has 0 fully saturated rings. The first-order valence-corrected chi connectivity index (χ1v) is 12.6. The summed E-state index contributed by atoms with van der Waals surface area (Å²) in [5.74, 6) is 0. The molecule has 0 bridgehead atoms. The van der Waals surface area contributed by atoms with Crippen LogP contribution in [-0.4, -0.2) is 66.7 Å². The van der Waals surface area contributed by atoms with Crippen LogP contribution in [0.5, 0.6) is 0 Å². The predicted octanol–water partition coefficient (Wildman–Crippen LogP) is 3.87. The zero-order valence-corrected chi connectivity index (χ0v) is 20.0. The lowest BCUT2D eigenvalue weighted by atomic mass is 9.92. The monoisotopic (exact) mass is 469 g/mol. The predicted molar refractivity (Wildman–Crippen MR) is 135 cm³/mol. The Morgan fingerprint density at radius 2 is 1.33 bits per heavy atom. The van der Waals surface area contributed by atoms with Gasteiger partial charge in [-0.2, -0.15) is 8.42 Å². The van der Waals surface area contributed by atoms with Crippen molar-refractivity contribution >= 4 is 42.4 Å². The van der Waals surface area contributed by atoms with E-state index in [1.807, 2.05) is 14.0 Å². The van der Waals surface area contributed by atoms with Gasteiger partial charge in [-0.05, 0) is 64.3 Å². The van der Waals surface area contributed by atoms with Gasteiger partial charge in [-0.3, -0.25) is 9.45 Å². The highest BCUT2D eigenvalue weighted by molar-refractivity contribution is 7.85. The highest BCUT2D eigenvalue weighted by Crippen LogP contribution is 2.34. The van der Waals surface area contributed by atoms with E-state index in [0.717, 1.165) is 13.0 Å². The van der Waals surface area contributed by atoms with Gasteiger partial charge in [0.1, 0.15) is 0 Å². The topological polar surface area (TPSA) is 98.1 Å². The number of likely N-dealkylation sites (N-methyl/N-ethyl adjacent to an activating group) is 1. The van der Waals surface area contributed by atoms with Gasteiger partial charge in [0.15, 0.2) is 0 Å². The SMILES string of the molecule is CN(CCc1cc2c3ccccc3ccc2c2ccccc12)C(C)(CO)CO.CS(=O)(=O)O. The van der Waals surface area contributed by atoms with Gasteiger partial charge < -0.3 is 10.2 Å². The second-order valence-corrected chi connectivity index (χ2v) is 10.1. The molecule has 4 rings (SSSR count). The molecule has 33 heavy (non-hydrogen) atoms. The van der Waals surface area contributed by atoms with E-state index in [9.17, 15) is 18.6 Å². The number of aliphatic hydroxyl groups is 2. The molecule has 0 aromatic heterocycles. The third-order valence-corrected chi connectivity index (χ3v) is 6.17. The van der Waals surface area contributed by atoms with E-state index in [1.54, 1.807) is 0 Å². The van der Waals surface area contributed by atoms with Crippen molar-refractivity contribution in [1.82, 2.24) is 4.90 Å². The van der Waals surface area contributed by atoms with E-state index in [0.29, 0.717) is 6.26 Å². The first-order valence-electron chi connectivity index (χ1n) is 10.7. The quantitative estimate of drug-likeness (QED) is 0.293. The molecule has 0 spiro atoms. The molecular formula is C26H31NO5S. The molecule has 0 amide bonds. The summed E-state index contributed by atoms with van der Waals surface area (Å²) in [6.07, 6.45) is 1.57. The number of hydrogen-bond donors (Lipinski definition) is 3. The summed E-state index contributed by atoms with van der Waals surface area (Å²) in [6.45, 7) is 2.52. The van der Waals surface area contributed by atoms with Crippen LogP contribution < -0.4 is 0 Å². The van der Waals surface area contributed by atoms with Crippen molar-refractivity contribution in [2.45, 2.75) is 18.9 Å². The summed E-state index contributed by atoms with van der Waals surface area (Å²) in [6, 6.07) is 23.9. The minimum absolute atomic E-state index is 0.0664. The van der Waals surface area contributed by atoms with Crippen LogP contribution in [0.15, 0.2) is 66.7 Å². The maximum atomic E-state index is 9.68. The van der Waals surface area contributed by atoms with E-state index in [-0.39, 0.29) is 13.2 Å². The summed E-state index contributed by atoms with van der Waals surface area (Å²) in [4.78, 5) is 2.05. The third kappa shape index (κ3) is 5.88. The number of benzene rings is 4. The molecule has 7 heteroatoms. The number of nitrogens with zero attached hydrogens (tertiary/aromatic N) is 1. The van der Waals surface area contributed by atoms with Crippen molar-refractivity contribution in [2.75, 3.05) is 33.1 Å². The fraction of sp³-hybridized carbons (Fsp3) is 0.308. The van der Waals surface area contributed by atoms with E-state index in [2.05, 4.69) is 71.6 Å². The molecule has 3 N–H and O–H groups in total. The molecular weight excluding hydrogens is 438 g/mol. The Kier molecular flexibility index (Phi) is 7.72. The maximum Gasteiger partial charge on any atom is 0.261 e. The number of aliphatic hydroxyl groups excluding tert-OH is 2. The second-order valence-electron chi connectivity index (χ2n) is 8.68. The van der Waals surface area contributed by atoms with Crippen LogP contribution in [-0.2, 0) is 16.5 Å². The van der Waals surface area contributed by atoms with Crippen LogP contribution in [0.4, 0.5) is 0 Å². The van der Waals surface area contributed by atoms with Gasteiger partial charge in [0, 0.05) is 6.54 Å². The molecule has 0 atom stereocenters. The lowest BCUT2D eigenvalue weighted by molar-refractivity contribution is 0.0162. The summed E-state index contributed by atoms with van der Waals surface area (Å²) >= 11 is 0. The Morgan fingerprint density at radius 1 is 0.818 bits per heavy atom. The molecule has 0 unspecified atom stereocenters. The molecule has 4 aromatic carbocycles. The molecule has 0 aliphatic rings. The largest absolute Gasteiger partial charge is 0.394 e. The van der Waals surface area contributed by atoms with Crippen molar-refractivity contribution in [3.05, 3.63) is 72.3 Å². The average molecular weight is 470 g/mol. The minimum atomic E-state index is -3.67. The Bertz CT molecular complexity index is 1360. The molecule has 0 aliphatic heterocycles. The molecule has 0 heterocycles. The summed E-state index contributed by atoms with van der Waals surface area (Å²) in [7, 11) is -1.70. The Morgan fingerprint density at radius 3 is 1.94 bits per heavy atom. The van der Waals surface area contributed by atoms with Crippen molar-refractivity contribution in [1.29, 1.82) is 0 Å². The highest BCUT2D eigenvalue weighted by atomic mass is 32.2. The van der Waals surface area contributed by atoms with Gasteiger partial charge in [-0.1, -0.05) is 60.7 Å². The number of fused-ring (bicyclic) bond motifs is 5. The van der Waals surface area contributed by atoms with Crippen LogP contribution in [0, 0.1) is 0 Å². The standard InChI is InChI=1S/C25H27NO2.CH4O3S/c1-25(16-27,17-28)26(2)14-13-19-15-24-20-8-4-3-7-18(20)11-12-23(24)22-10-6-5-9-21(19)22;1-5(2,3)4/h3-12,15,27-28H,13-14,16-17H2,1-2H3;1H3,(H,2,3,4). The van der Waals surface area contributed by atoms with Gasteiger partial charge in [-0.25, -0.2) is 0 Å². The van der Waals surface area contributed by atoms with Crippen molar-refractivity contribution in [3.8, 4) is 0 Å². The smallest absolute Gasteiger partial charge is 0.261 e. The first kappa shape index (κ1) is 25.1. The van der Waals surface area contributed by atoms with Gasteiger partial charge in [0.05, 0.1) is 25.0 Å². The maximum absolute atomic E-state index is 9.68. The van der Waals surface area contributed by atoms with Gasteiger partial charge >= 0.3 is 0 Å². The molecule has 0 aliphatic carbocycles. The van der Waals surface area contributed by atoms with Crippen molar-refractivity contribution < 1.29 is 23.2 Å². The Hall–Kier alpha value is -2.55. The zero-order valence-electron chi connectivity index (χ0n) is 19.2. The van der Waals surface area contributed by atoms with E-state index >= 15 is 0 Å². The molecule has 176 valence electrons. The molecule has 4 aromatic rings. The zero-order chi connectivity index (χ0) is 24.2. The minimum Gasteiger partial charge on any atom is -0.394 e. The molecule has 0 saturated heterocycles. The number of rotatable bonds is 6. The van der Waals surface area contributed by atoms with E-state index in [4.69, 9.17) is 4.55 Å². The normalized spacial score (nSPS) is 12.3. The lowest BCUT2D eigenvalue weighted by Crippen LogP contribution is -2.50. The first-order chi connectivity index (χ1) is 15.6. The Labute approximate surface area is 194 Å². The Balaban J connectivity index is 0.000000555. The van der Waals surface area contributed by atoms with Crippen LogP contribution in [0.3, 0.4) is 0 Å². The lowest BCUT2D eigenvalue weighted by Gasteiger charge is -2.35. The highest BCUT2D eigenvalue weighted by Gasteiger charge is 2.27. The molecule has 0 radical (unpaired) electrons. The molecule has 6 nitrogen and oxygen atoms in total. The summed E-state index contributed by atoms with van der Waals surface area (Å²) in [5.41, 5.74) is 0.684. The van der Waals surface area contributed by atoms with E-state index < -0.39 is 15.7 Å². The summed E-state index contributed by atoms with van der Waals surface area (Å²) < 4.78 is 25.9.